The van der Waals surface area contributed by atoms with Gasteiger partial charge in [0.05, 0.1) is 5.56 Å². The van der Waals surface area contributed by atoms with Crippen LogP contribution in [-0.4, -0.2) is 5.91 Å². The number of anilines is 1. The fourth-order valence-electron chi connectivity index (χ4n) is 2.59. The molecule has 2 aromatic rings. The number of hydrogen-bond acceptors (Lipinski definition) is 2. The van der Waals surface area contributed by atoms with Crippen molar-refractivity contribution >= 4 is 22.9 Å². The number of aryl methyl sites for hydroxylation is 1. The van der Waals surface area contributed by atoms with Gasteiger partial charge >= 0.3 is 0 Å². The molecular weight excluding hydrogens is 273 g/mol. The Hall–Kier alpha value is -1.68. The zero-order valence-electron chi connectivity index (χ0n) is 11.1. The first-order valence-electron chi connectivity index (χ1n) is 6.90. The van der Waals surface area contributed by atoms with E-state index in [0.717, 1.165) is 24.8 Å². The molecule has 1 N–H and O–H groups in total. The van der Waals surface area contributed by atoms with Gasteiger partial charge in [0.15, 0.2) is 0 Å². The van der Waals surface area contributed by atoms with Crippen molar-refractivity contribution in [3.8, 4) is 0 Å². The van der Waals surface area contributed by atoms with Crippen LogP contribution in [0, 0.1) is 5.82 Å². The largest absolute Gasteiger partial charge is 0.322 e. The lowest BCUT2D eigenvalue weighted by molar-refractivity contribution is 0.102. The van der Waals surface area contributed by atoms with Gasteiger partial charge in [-0.3, -0.25) is 4.79 Å². The Morgan fingerprint density at radius 3 is 2.65 bits per heavy atom. The number of fused-ring (bicyclic) bond motifs is 1. The predicted molar refractivity (Wildman–Crippen MR) is 79.9 cm³/mol. The van der Waals surface area contributed by atoms with Crippen molar-refractivity contribution in [2.24, 2.45) is 0 Å². The second-order valence-corrected chi connectivity index (χ2v) is 6.04. The van der Waals surface area contributed by atoms with Crippen LogP contribution in [0.2, 0.25) is 0 Å². The molecule has 4 heteroatoms. The number of rotatable bonds is 2. The van der Waals surface area contributed by atoms with Gasteiger partial charge in [-0.05, 0) is 55.5 Å². The molecule has 1 amide bonds. The van der Waals surface area contributed by atoms with Gasteiger partial charge in [0.2, 0.25) is 0 Å². The third-order valence-electron chi connectivity index (χ3n) is 3.66. The summed E-state index contributed by atoms with van der Waals surface area (Å²) in [6, 6.07) is 5.87. The molecular formula is C16H16FNOS. The standard InChI is InChI=1S/C16H16FNOS/c17-11-6-8-12(9-7-11)18-16(19)14-10-20-15-5-3-1-2-4-13(14)15/h6-10H,1-5H2,(H,18,19). The van der Waals surface area contributed by atoms with Gasteiger partial charge in [-0.1, -0.05) is 6.42 Å². The van der Waals surface area contributed by atoms with E-state index in [9.17, 15) is 9.18 Å². The Morgan fingerprint density at radius 2 is 1.85 bits per heavy atom. The molecule has 0 atom stereocenters. The van der Waals surface area contributed by atoms with E-state index < -0.39 is 0 Å². The van der Waals surface area contributed by atoms with E-state index in [1.54, 1.807) is 23.5 Å². The zero-order chi connectivity index (χ0) is 13.9. The molecule has 0 fully saturated rings. The summed E-state index contributed by atoms with van der Waals surface area (Å²) in [5, 5.41) is 4.80. The van der Waals surface area contributed by atoms with E-state index in [0.29, 0.717) is 5.69 Å². The minimum atomic E-state index is -0.299. The van der Waals surface area contributed by atoms with E-state index >= 15 is 0 Å². The van der Waals surface area contributed by atoms with Crippen molar-refractivity contribution in [2.45, 2.75) is 32.1 Å². The lowest BCUT2D eigenvalue weighted by Gasteiger charge is -2.06. The SMILES string of the molecule is O=C(Nc1ccc(F)cc1)c1csc2c1CCCCC2. The van der Waals surface area contributed by atoms with Gasteiger partial charge < -0.3 is 5.32 Å². The molecule has 0 saturated carbocycles. The van der Waals surface area contributed by atoms with Crippen molar-refractivity contribution < 1.29 is 9.18 Å². The third-order valence-corrected chi connectivity index (χ3v) is 4.75. The van der Waals surface area contributed by atoms with Crippen LogP contribution in [0.15, 0.2) is 29.6 Å². The van der Waals surface area contributed by atoms with E-state index in [2.05, 4.69) is 5.32 Å². The van der Waals surface area contributed by atoms with Crippen LogP contribution >= 0.6 is 11.3 Å². The molecule has 0 unspecified atom stereocenters. The van der Waals surface area contributed by atoms with E-state index in [1.165, 1.54) is 35.4 Å². The summed E-state index contributed by atoms with van der Waals surface area (Å²) in [4.78, 5) is 13.7. The van der Waals surface area contributed by atoms with E-state index in [1.807, 2.05) is 5.38 Å². The van der Waals surface area contributed by atoms with Crippen LogP contribution in [0.3, 0.4) is 0 Å². The molecule has 0 saturated heterocycles. The Morgan fingerprint density at radius 1 is 1.10 bits per heavy atom. The fourth-order valence-corrected chi connectivity index (χ4v) is 3.72. The number of nitrogens with one attached hydrogen (secondary N) is 1. The highest BCUT2D eigenvalue weighted by molar-refractivity contribution is 7.10. The van der Waals surface area contributed by atoms with Gasteiger partial charge in [-0.25, -0.2) is 4.39 Å². The Balaban J connectivity index is 1.80. The number of hydrogen-bond donors (Lipinski definition) is 1. The van der Waals surface area contributed by atoms with E-state index in [4.69, 9.17) is 0 Å². The average molecular weight is 289 g/mol. The molecule has 0 spiro atoms. The molecule has 1 heterocycles. The maximum Gasteiger partial charge on any atom is 0.256 e. The molecule has 1 aliphatic rings. The number of carbonyl (C=O) groups excluding carboxylic acids is 1. The topological polar surface area (TPSA) is 29.1 Å². The Labute approximate surface area is 121 Å². The Bertz CT molecular complexity index is 618. The summed E-state index contributed by atoms with van der Waals surface area (Å²) < 4.78 is 12.9. The molecule has 0 radical (unpaired) electrons. The number of halogens is 1. The van der Waals surface area contributed by atoms with Crippen LogP contribution in [0.5, 0.6) is 0 Å². The molecule has 1 aromatic heterocycles. The highest BCUT2D eigenvalue weighted by Gasteiger charge is 2.19. The summed E-state index contributed by atoms with van der Waals surface area (Å²) in [5.41, 5.74) is 2.63. The third kappa shape index (κ3) is 2.75. The quantitative estimate of drug-likeness (QED) is 0.815. The Kier molecular flexibility index (Phi) is 3.83. The lowest BCUT2D eigenvalue weighted by atomic mass is 10.1. The van der Waals surface area contributed by atoms with Crippen molar-refractivity contribution in [3.05, 3.63) is 51.5 Å². The smallest absolute Gasteiger partial charge is 0.256 e. The number of thiophene rings is 1. The molecule has 3 rings (SSSR count). The second-order valence-electron chi connectivity index (χ2n) is 5.07. The summed E-state index contributed by atoms with van der Waals surface area (Å²) in [5.74, 6) is -0.386. The molecule has 1 aliphatic carbocycles. The van der Waals surface area contributed by atoms with Gasteiger partial charge in [0.1, 0.15) is 5.82 Å². The van der Waals surface area contributed by atoms with Crippen molar-refractivity contribution in [2.75, 3.05) is 5.32 Å². The molecule has 1 aromatic carbocycles. The maximum absolute atomic E-state index is 12.9. The summed E-state index contributed by atoms with van der Waals surface area (Å²) in [7, 11) is 0. The molecule has 0 bridgehead atoms. The van der Waals surface area contributed by atoms with Crippen molar-refractivity contribution in [1.82, 2.24) is 0 Å². The lowest BCUT2D eigenvalue weighted by Crippen LogP contribution is -2.13. The summed E-state index contributed by atoms with van der Waals surface area (Å²) >= 11 is 1.69. The first-order chi connectivity index (χ1) is 9.74. The van der Waals surface area contributed by atoms with Gasteiger partial charge in [-0.15, -0.1) is 11.3 Å². The van der Waals surface area contributed by atoms with Crippen LogP contribution < -0.4 is 5.32 Å². The predicted octanol–water partition coefficient (Wildman–Crippen LogP) is 4.41. The number of benzene rings is 1. The molecule has 20 heavy (non-hydrogen) atoms. The van der Waals surface area contributed by atoms with Gasteiger partial charge in [0, 0.05) is 15.9 Å². The highest BCUT2D eigenvalue weighted by atomic mass is 32.1. The van der Waals surface area contributed by atoms with Crippen LogP contribution in [0.25, 0.3) is 0 Å². The fraction of sp³-hybridized carbons (Fsp3) is 0.312. The highest BCUT2D eigenvalue weighted by Crippen LogP contribution is 2.30. The number of amides is 1. The van der Waals surface area contributed by atoms with Crippen LogP contribution in [-0.2, 0) is 12.8 Å². The minimum Gasteiger partial charge on any atom is -0.322 e. The van der Waals surface area contributed by atoms with Crippen molar-refractivity contribution in [3.63, 3.8) is 0 Å². The van der Waals surface area contributed by atoms with Crippen LogP contribution in [0.4, 0.5) is 10.1 Å². The minimum absolute atomic E-state index is 0.0870. The van der Waals surface area contributed by atoms with Crippen LogP contribution in [0.1, 0.15) is 40.1 Å². The summed E-state index contributed by atoms with van der Waals surface area (Å²) in [6.07, 6.45) is 5.68. The summed E-state index contributed by atoms with van der Waals surface area (Å²) in [6.45, 7) is 0. The number of carbonyl (C=O) groups is 1. The maximum atomic E-state index is 12.9. The van der Waals surface area contributed by atoms with Gasteiger partial charge in [0.25, 0.3) is 5.91 Å². The monoisotopic (exact) mass is 289 g/mol. The van der Waals surface area contributed by atoms with Crippen molar-refractivity contribution in [1.29, 1.82) is 0 Å². The normalized spacial score (nSPS) is 14.4. The van der Waals surface area contributed by atoms with E-state index in [-0.39, 0.29) is 11.7 Å². The van der Waals surface area contributed by atoms with Gasteiger partial charge in [-0.2, -0.15) is 0 Å². The second kappa shape index (κ2) is 5.75. The molecule has 0 aliphatic heterocycles. The first kappa shape index (κ1) is 13.3. The zero-order valence-corrected chi connectivity index (χ0v) is 11.9. The molecule has 104 valence electrons. The average Bonchev–Trinajstić information content (AvgIpc) is 2.71. The molecule has 2 nitrogen and oxygen atoms in total. The first-order valence-corrected chi connectivity index (χ1v) is 7.78.